The number of nitrogens with zero attached hydrogens (tertiary/aromatic N) is 5. The minimum atomic E-state index is -0.227. The number of carbonyl (C=O) groups is 1. The summed E-state index contributed by atoms with van der Waals surface area (Å²) in [5.41, 5.74) is 0.370. The zero-order chi connectivity index (χ0) is 15.4. The maximum absolute atomic E-state index is 12.4. The smallest absolute Gasteiger partial charge is 0.273 e. The lowest BCUT2D eigenvalue weighted by Gasteiger charge is -2.15. The maximum atomic E-state index is 12.4. The Bertz CT molecular complexity index is 622. The molecule has 7 nitrogen and oxygen atoms in total. The standard InChI is InChI=1S/C13H18ClN5O2/c1-4-6-10-16-11(21-17-10)8-18(3)13(20)12-9(14)7-15-19(12)5-2/h7H,4-6,8H2,1-3H3. The van der Waals surface area contributed by atoms with Gasteiger partial charge in [-0.05, 0) is 13.3 Å². The predicted molar refractivity (Wildman–Crippen MR) is 77.0 cm³/mol. The normalized spacial score (nSPS) is 10.9. The minimum absolute atomic E-state index is 0.227. The van der Waals surface area contributed by atoms with Crippen LogP contribution < -0.4 is 0 Å². The average molecular weight is 312 g/mol. The molecule has 0 spiro atoms. The second-order valence-electron chi connectivity index (χ2n) is 4.67. The largest absolute Gasteiger partial charge is 0.337 e. The van der Waals surface area contributed by atoms with Gasteiger partial charge in [-0.25, -0.2) is 0 Å². The van der Waals surface area contributed by atoms with Crippen LogP contribution in [-0.2, 0) is 19.5 Å². The van der Waals surface area contributed by atoms with Gasteiger partial charge in [0.1, 0.15) is 12.2 Å². The van der Waals surface area contributed by atoms with Crippen LogP contribution in [0.2, 0.25) is 5.02 Å². The van der Waals surface area contributed by atoms with Crippen LogP contribution in [0.4, 0.5) is 0 Å². The highest BCUT2D eigenvalue weighted by Gasteiger charge is 2.22. The van der Waals surface area contributed by atoms with Crippen molar-refractivity contribution in [2.45, 2.75) is 39.8 Å². The van der Waals surface area contributed by atoms with Gasteiger partial charge in [-0.3, -0.25) is 9.48 Å². The van der Waals surface area contributed by atoms with Crippen LogP contribution in [0.3, 0.4) is 0 Å². The molecule has 0 aromatic carbocycles. The summed E-state index contributed by atoms with van der Waals surface area (Å²) < 4.78 is 6.70. The fourth-order valence-electron chi connectivity index (χ4n) is 1.95. The summed E-state index contributed by atoms with van der Waals surface area (Å²) in [5.74, 6) is 0.840. The van der Waals surface area contributed by atoms with Gasteiger partial charge in [0.2, 0.25) is 5.89 Å². The molecular weight excluding hydrogens is 294 g/mol. The molecule has 0 saturated heterocycles. The Morgan fingerprint density at radius 2 is 2.24 bits per heavy atom. The van der Waals surface area contributed by atoms with E-state index >= 15 is 0 Å². The van der Waals surface area contributed by atoms with Gasteiger partial charge < -0.3 is 9.42 Å². The first-order chi connectivity index (χ1) is 10.1. The van der Waals surface area contributed by atoms with Crippen molar-refractivity contribution in [3.05, 3.63) is 28.6 Å². The molecule has 0 radical (unpaired) electrons. The first-order valence-corrected chi connectivity index (χ1v) is 7.22. The van der Waals surface area contributed by atoms with Crippen molar-refractivity contribution >= 4 is 17.5 Å². The molecule has 0 atom stereocenters. The van der Waals surface area contributed by atoms with Crippen LogP contribution in [0, 0.1) is 0 Å². The van der Waals surface area contributed by atoms with Crippen LogP contribution in [0.15, 0.2) is 10.7 Å². The quantitative estimate of drug-likeness (QED) is 0.817. The van der Waals surface area contributed by atoms with Gasteiger partial charge in [0.15, 0.2) is 5.82 Å². The molecule has 2 heterocycles. The highest BCUT2D eigenvalue weighted by Crippen LogP contribution is 2.17. The van der Waals surface area contributed by atoms with Crippen molar-refractivity contribution in [2.24, 2.45) is 0 Å². The number of hydrogen-bond donors (Lipinski definition) is 0. The van der Waals surface area contributed by atoms with Crippen LogP contribution in [0.25, 0.3) is 0 Å². The van der Waals surface area contributed by atoms with Crippen molar-refractivity contribution < 1.29 is 9.32 Å². The van der Waals surface area contributed by atoms with Crippen LogP contribution in [0.5, 0.6) is 0 Å². The number of aryl methyl sites for hydroxylation is 2. The van der Waals surface area contributed by atoms with E-state index < -0.39 is 0 Å². The Morgan fingerprint density at radius 3 is 2.90 bits per heavy atom. The van der Waals surface area contributed by atoms with Gasteiger partial charge in [0.05, 0.1) is 11.2 Å². The average Bonchev–Trinajstić information content (AvgIpc) is 3.05. The highest BCUT2D eigenvalue weighted by atomic mass is 35.5. The maximum Gasteiger partial charge on any atom is 0.273 e. The van der Waals surface area contributed by atoms with Crippen molar-refractivity contribution in [2.75, 3.05) is 7.05 Å². The van der Waals surface area contributed by atoms with Gasteiger partial charge in [-0.2, -0.15) is 10.1 Å². The summed E-state index contributed by atoms with van der Waals surface area (Å²) in [4.78, 5) is 18.2. The van der Waals surface area contributed by atoms with Gasteiger partial charge >= 0.3 is 0 Å². The molecule has 2 aromatic heterocycles. The summed E-state index contributed by atoms with van der Waals surface area (Å²) in [6.07, 6.45) is 3.17. The summed E-state index contributed by atoms with van der Waals surface area (Å²) in [6.45, 7) is 4.75. The Labute approximate surface area is 127 Å². The molecule has 0 saturated carbocycles. The molecular formula is C13H18ClN5O2. The number of amides is 1. The van der Waals surface area contributed by atoms with Crippen molar-refractivity contribution in [1.82, 2.24) is 24.8 Å². The van der Waals surface area contributed by atoms with E-state index in [1.54, 1.807) is 11.7 Å². The van der Waals surface area contributed by atoms with Gasteiger partial charge in [-0.15, -0.1) is 0 Å². The van der Waals surface area contributed by atoms with Crippen LogP contribution in [-0.4, -0.2) is 37.8 Å². The molecule has 0 aliphatic carbocycles. The molecule has 2 aromatic rings. The van der Waals surface area contributed by atoms with E-state index in [4.69, 9.17) is 16.1 Å². The van der Waals surface area contributed by atoms with Crippen LogP contribution >= 0.6 is 11.6 Å². The van der Waals surface area contributed by atoms with Gasteiger partial charge in [0, 0.05) is 20.0 Å². The Morgan fingerprint density at radius 1 is 1.48 bits per heavy atom. The van der Waals surface area contributed by atoms with Crippen molar-refractivity contribution in [3.63, 3.8) is 0 Å². The molecule has 2 rings (SSSR count). The molecule has 0 aliphatic rings. The monoisotopic (exact) mass is 311 g/mol. The summed E-state index contributed by atoms with van der Waals surface area (Å²) >= 11 is 6.03. The molecule has 8 heteroatoms. The zero-order valence-electron chi connectivity index (χ0n) is 12.3. The van der Waals surface area contributed by atoms with Crippen molar-refractivity contribution in [3.8, 4) is 0 Å². The number of rotatable bonds is 6. The molecule has 0 fully saturated rings. The van der Waals surface area contributed by atoms with E-state index in [0.717, 1.165) is 12.8 Å². The number of carbonyl (C=O) groups excluding carboxylic acids is 1. The van der Waals surface area contributed by atoms with Crippen LogP contribution in [0.1, 0.15) is 42.5 Å². The summed E-state index contributed by atoms with van der Waals surface area (Å²) in [7, 11) is 1.66. The van der Waals surface area contributed by atoms with E-state index in [1.165, 1.54) is 11.1 Å². The molecule has 0 N–H and O–H groups in total. The molecule has 0 aliphatic heterocycles. The Hall–Kier alpha value is -1.89. The molecule has 21 heavy (non-hydrogen) atoms. The second-order valence-corrected chi connectivity index (χ2v) is 5.08. The SMILES string of the molecule is CCCc1noc(CN(C)C(=O)c2c(Cl)cnn2CC)n1. The first kappa shape index (κ1) is 15.5. The lowest BCUT2D eigenvalue weighted by atomic mass is 10.3. The Kier molecular flexibility index (Phi) is 4.95. The fourth-order valence-corrected chi connectivity index (χ4v) is 2.17. The third-order valence-electron chi connectivity index (χ3n) is 3.00. The van der Waals surface area contributed by atoms with E-state index in [1.807, 2.05) is 13.8 Å². The van der Waals surface area contributed by atoms with Gasteiger partial charge in [-0.1, -0.05) is 23.7 Å². The molecule has 1 amide bonds. The van der Waals surface area contributed by atoms with Gasteiger partial charge in [0.25, 0.3) is 5.91 Å². The number of hydrogen-bond acceptors (Lipinski definition) is 5. The van der Waals surface area contributed by atoms with Crippen molar-refractivity contribution in [1.29, 1.82) is 0 Å². The third kappa shape index (κ3) is 3.41. The Balaban J connectivity index is 2.10. The second kappa shape index (κ2) is 6.71. The third-order valence-corrected chi connectivity index (χ3v) is 3.28. The molecule has 0 unspecified atom stereocenters. The topological polar surface area (TPSA) is 77.0 Å². The molecule has 0 bridgehead atoms. The van der Waals surface area contributed by atoms with E-state index in [0.29, 0.717) is 29.0 Å². The predicted octanol–water partition coefficient (Wildman–Crippen LogP) is 2.16. The van der Waals surface area contributed by atoms with E-state index in [9.17, 15) is 4.79 Å². The molecule has 114 valence electrons. The number of aromatic nitrogens is 4. The summed E-state index contributed by atoms with van der Waals surface area (Å²) in [5, 5.41) is 8.26. The fraction of sp³-hybridized carbons (Fsp3) is 0.538. The van der Waals surface area contributed by atoms with E-state index in [-0.39, 0.29) is 12.5 Å². The van der Waals surface area contributed by atoms with E-state index in [2.05, 4.69) is 15.2 Å². The first-order valence-electron chi connectivity index (χ1n) is 6.85. The lowest BCUT2D eigenvalue weighted by molar-refractivity contribution is 0.0757. The minimum Gasteiger partial charge on any atom is -0.337 e. The lowest BCUT2D eigenvalue weighted by Crippen LogP contribution is -2.29. The zero-order valence-corrected chi connectivity index (χ0v) is 13.1. The number of halogens is 1. The summed E-state index contributed by atoms with van der Waals surface area (Å²) in [6, 6.07) is 0. The highest BCUT2D eigenvalue weighted by molar-refractivity contribution is 6.33.